The number of hydrogen-bond acceptors (Lipinski definition) is 2. The first kappa shape index (κ1) is 12.5. The van der Waals surface area contributed by atoms with Crippen molar-refractivity contribution in [3.05, 3.63) is 51.2 Å². The Balaban J connectivity index is 2.40. The van der Waals surface area contributed by atoms with E-state index in [0.717, 1.165) is 28.0 Å². The Morgan fingerprint density at radius 3 is 2.29 bits per heavy atom. The highest BCUT2D eigenvalue weighted by Crippen LogP contribution is 2.34. The summed E-state index contributed by atoms with van der Waals surface area (Å²) in [6, 6.07) is 6.26. The van der Waals surface area contributed by atoms with Crippen molar-refractivity contribution in [1.29, 1.82) is 0 Å². The van der Waals surface area contributed by atoms with Gasteiger partial charge in [0.1, 0.15) is 5.75 Å². The maximum absolute atomic E-state index is 6.48. The molecule has 3 heteroatoms. The molecule has 1 aromatic carbocycles. The number of halogens is 1. The molecule has 0 aliphatic carbocycles. The number of benzene rings is 1. The molecule has 17 heavy (non-hydrogen) atoms. The van der Waals surface area contributed by atoms with Gasteiger partial charge in [0.25, 0.3) is 0 Å². The minimum Gasteiger partial charge on any atom is -0.496 e. The Kier molecular flexibility index (Phi) is 3.75. The van der Waals surface area contributed by atoms with Gasteiger partial charge in [0, 0.05) is 0 Å². The summed E-state index contributed by atoms with van der Waals surface area (Å²) in [5, 5.41) is 4.06. The summed E-state index contributed by atoms with van der Waals surface area (Å²) in [6.07, 6.45) is 0. The van der Waals surface area contributed by atoms with E-state index in [2.05, 4.69) is 23.6 Å². The Morgan fingerprint density at radius 1 is 1.18 bits per heavy atom. The van der Waals surface area contributed by atoms with E-state index < -0.39 is 0 Å². The van der Waals surface area contributed by atoms with E-state index in [9.17, 15) is 0 Å². The van der Waals surface area contributed by atoms with Crippen LogP contribution in [0.3, 0.4) is 0 Å². The second-order valence-corrected chi connectivity index (χ2v) is 5.32. The van der Waals surface area contributed by atoms with E-state index in [1.165, 1.54) is 0 Å². The number of methoxy groups -OCH3 is 1. The van der Waals surface area contributed by atoms with Crippen molar-refractivity contribution in [3.63, 3.8) is 0 Å². The highest BCUT2D eigenvalue weighted by atomic mass is 35.5. The molecule has 0 bridgehead atoms. The molecule has 0 fully saturated rings. The molecule has 0 saturated heterocycles. The molecule has 1 heterocycles. The molecule has 0 saturated carbocycles. The molecule has 1 unspecified atom stereocenters. The molecule has 0 aliphatic heterocycles. The van der Waals surface area contributed by atoms with Gasteiger partial charge < -0.3 is 4.74 Å². The predicted molar refractivity (Wildman–Crippen MR) is 74.5 cm³/mol. The number of aryl methyl sites for hydroxylation is 2. The normalized spacial score (nSPS) is 12.5. The molecule has 1 nitrogen and oxygen atoms in total. The third kappa shape index (κ3) is 2.48. The molecule has 1 atom stereocenters. The zero-order valence-electron chi connectivity index (χ0n) is 10.2. The molecule has 0 amide bonds. The quantitative estimate of drug-likeness (QED) is 0.732. The summed E-state index contributed by atoms with van der Waals surface area (Å²) in [6.45, 7) is 4.10. The average molecular weight is 267 g/mol. The van der Waals surface area contributed by atoms with Crippen LogP contribution < -0.4 is 4.74 Å². The molecule has 1 aromatic heterocycles. The van der Waals surface area contributed by atoms with Crippen molar-refractivity contribution < 1.29 is 4.74 Å². The van der Waals surface area contributed by atoms with Gasteiger partial charge in [0.05, 0.1) is 12.5 Å². The van der Waals surface area contributed by atoms with Crippen LogP contribution in [0.4, 0.5) is 0 Å². The number of ether oxygens (including phenoxy) is 1. The fraction of sp³-hybridized carbons (Fsp3) is 0.286. The number of rotatable bonds is 3. The molecule has 90 valence electrons. The van der Waals surface area contributed by atoms with Gasteiger partial charge in [-0.3, -0.25) is 0 Å². The Labute approximate surface area is 111 Å². The fourth-order valence-electron chi connectivity index (χ4n) is 2.06. The van der Waals surface area contributed by atoms with Crippen molar-refractivity contribution in [2.45, 2.75) is 19.2 Å². The Hall–Kier alpha value is -0.990. The van der Waals surface area contributed by atoms with Crippen LogP contribution in [0.2, 0.25) is 0 Å². The zero-order valence-corrected chi connectivity index (χ0v) is 11.7. The third-order valence-corrected chi connectivity index (χ3v) is 4.02. The summed E-state index contributed by atoms with van der Waals surface area (Å²) in [4.78, 5) is 0. The topological polar surface area (TPSA) is 9.23 Å². The first-order chi connectivity index (χ1) is 8.13. The van der Waals surface area contributed by atoms with Crippen molar-refractivity contribution in [2.24, 2.45) is 0 Å². The summed E-state index contributed by atoms with van der Waals surface area (Å²) >= 11 is 8.15. The van der Waals surface area contributed by atoms with Gasteiger partial charge in [0.15, 0.2) is 0 Å². The van der Waals surface area contributed by atoms with Crippen molar-refractivity contribution in [2.75, 3.05) is 7.11 Å². The lowest BCUT2D eigenvalue weighted by Crippen LogP contribution is -1.97. The summed E-state index contributed by atoms with van der Waals surface area (Å²) in [5.74, 6) is 0.947. The van der Waals surface area contributed by atoms with E-state index in [-0.39, 0.29) is 5.38 Å². The molecular formula is C14H15ClOS. The van der Waals surface area contributed by atoms with Gasteiger partial charge in [-0.25, -0.2) is 0 Å². The van der Waals surface area contributed by atoms with Gasteiger partial charge in [-0.05, 0) is 52.9 Å². The van der Waals surface area contributed by atoms with Crippen molar-refractivity contribution in [1.82, 2.24) is 0 Å². The maximum atomic E-state index is 6.48. The monoisotopic (exact) mass is 266 g/mol. The molecule has 0 radical (unpaired) electrons. The Bertz CT molecular complexity index is 482. The first-order valence-electron chi connectivity index (χ1n) is 5.44. The fourth-order valence-corrected chi connectivity index (χ4v) is 3.09. The lowest BCUT2D eigenvalue weighted by atomic mass is 10.0. The number of hydrogen-bond donors (Lipinski definition) is 0. The van der Waals surface area contributed by atoms with Gasteiger partial charge >= 0.3 is 0 Å². The second-order valence-electron chi connectivity index (χ2n) is 4.11. The summed E-state index contributed by atoms with van der Waals surface area (Å²) in [5.41, 5.74) is 4.54. The molecule has 0 spiro atoms. The zero-order chi connectivity index (χ0) is 12.4. The third-order valence-electron chi connectivity index (χ3n) is 2.82. The second kappa shape index (κ2) is 5.11. The molecule has 2 aromatic rings. The molecule has 0 N–H and O–H groups in total. The number of thiophene rings is 1. The van der Waals surface area contributed by atoms with Crippen LogP contribution in [0.5, 0.6) is 5.75 Å². The van der Waals surface area contributed by atoms with E-state index >= 15 is 0 Å². The highest BCUT2D eigenvalue weighted by molar-refractivity contribution is 7.08. The van der Waals surface area contributed by atoms with Crippen molar-refractivity contribution >= 4 is 22.9 Å². The average Bonchev–Trinajstić information content (AvgIpc) is 2.81. The molecule has 0 aliphatic rings. The highest BCUT2D eigenvalue weighted by Gasteiger charge is 2.14. The largest absolute Gasteiger partial charge is 0.496 e. The summed E-state index contributed by atoms with van der Waals surface area (Å²) in [7, 11) is 1.70. The van der Waals surface area contributed by atoms with Crippen LogP contribution in [0.15, 0.2) is 29.0 Å². The molecule has 2 rings (SSSR count). The smallest absolute Gasteiger partial charge is 0.124 e. The number of alkyl halides is 1. The van der Waals surface area contributed by atoms with Crippen LogP contribution in [0, 0.1) is 13.8 Å². The van der Waals surface area contributed by atoms with Gasteiger partial charge in [-0.2, -0.15) is 11.3 Å². The SMILES string of the molecule is COc1c(C)cc(C(Cl)c2ccsc2)cc1C. The minimum absolute atomic E-state index is 0.0791. The van der Waals surface area contributed by atoms with E-state index in [4.69, 9.17) is 16.3 Å². The maximum Gasteiger partial charge on any atom is 0.124 e. The summed E-state index contributed by atoms with van der Waals surface area (Å²) < 4.78 is 5.36. The van der Waals surface area contributed by atoms with Crippen molar-refractivity contribution in [3.8, 4) is 5.75 Å². The van der Waals surface area contributed by atoms with E-state index in [1.54, 1.807) is 18.4 Å². The lowest BCUT2D eigenvalue weighted by Gasteiger charge is -2.14. The van der Waals surface area contributed by atoms with Gasteiger partial charge in [0.2, 0.25) is 0 Å². The van der Waals surface area contributed by atoms with Crippen LogP contribution in [0.25, 0.3) is 0 Å². The standard InChI is InChI=1S/C14H15ClOS/c1-9-6-12(7-10(2)14(9)16-3)13(15)11-4-5-17-8-11/h4-8,13H,1-3H3. The lowest BCUT2D eigenvalue weighted by molar-refractivity contribution is 0.408. The predicted octanol–water partition coefficient (Wildman–Crippen LogP) is 4.70. The van der Waals surface area contributed by atoms with Crippen LogP contribution in [-0.2, 0) is 0 Å². The Morgan fingerprint density at radius 2 is 1.82 bits per heavy atom. The van der Waals surface area contributed by atoms with E-state index in [1.807, 2.05) is 19.2 Å². The van der Waals surface area contributed by atoms with E-state index in [0.29, 0.717) is 0 Å². The molecular weight excluding hydrogens is 252 g/mol. The van der Waals surface area contributed by atoms with Crippen LogP contribution >= 0.6 is 22.9 Å². The van der Waals surface area contributed by atoms with Crippen LogP contribution in [-0.4, -0.2) is 7.11 Å². The first-order valence-corrected chi connectivity index (χ1v) is 6.82. The van der Waals surface area contributed by atoms with Gasteiger partial charge in [-0.1, -0.05) is 12.1 Å². The van der Waals surface area contributed by atoms with Gasteiger partial charge in [-0.15, -0.1) is 11.6 Å². The van der Waals surface area contributed by atoms with Crippen LogP contribution in [0.1, 0.15) is 27.6 Å². The minimum atomic E-state index is -0.0791.